The van der Waals surface area contributed by atoms with Crippen LogP contribution in [0.25, 0.3) is 0 Å². The average molecular weight is 182 g/mol. The SMILES string of the molecule is CC(C)(C)[O][AlH][O]C(C)(C)C.[H-].[Li+]. The van der Waals surface area contributed by atoms with E-state index in [4.69, 9.17) is 7.58 Å². The van der Waals surface area contributed by atoms with Crippen LogP contribution in [0.15, 0.2) is 0 Å². The van der Waals surface area contributed by atoms with E-state index in [0.717, 1.165) is 0 Å². The van der Waals surface area contributed by atoms with E-state index in [0.29, 0.717) is 0 Å². The van der Waals surface area contributed by atoms with Crippen LogP contribution in [0.1, 0.15) is 43.0 Å². The van der Waals surface area contributed by atoms with Crippen molar-refractivity contribution in [2.75, 3.05) is 0 Å². The molecule has 0 saturated carbocycles. The van der Waals surface area contributed by atoms with Gasteiger partial charge < -0.3 is 9.00 Å². The molecule has 0 rings (SSSR count). The maximum Gasteiger partial charge on any atom is 1.00 e. The summed E-state index contributed by atoms with van der Waals surface area (Å²) in [6.07, 6.45) is 0. The van der Waals surface area contributed by atoms with Crippen LogP contribution in [0.3, 0.4) is 0 Å². The Morgan fingerprint density at radius 1 is 0.833 bits per heavy atom. The van der Waals surface area contributed by atoms with E-state index in [1.807, 2.05) is 41.5 Å². The van der Waals surface area contributed by atoms with Crippen LogP contribution < -0.4 is 18.9 Å². The third-order valence-electron chi connectivity index (χ3n) is 0.984. The van der Waals surface area contributed by atoms with Gasteiger partial charge in [-0.1, -0.05) is 0 Å². The third kappa shape index (κ3) is 13.6. The molecule has 0 bridgehead atoms. The van der Waals surface area contributed by atoms with Crippen molar-refractivity contribution in [2.24, 2.45) is 0 Å². The monoisotopic (exact) mass is 182 g/mol. The molecule has 0 aliphatic heterocycles. The number of rotatable bonds is 2. The summed E-state index contributed by atoms with van der Waals surface area (Å²) >= 11 is -0.797. The topological polar surface area (TPSA) is 18.5 Å². The second-order valence-electron chi connectivity index (χ2n) is 4.63. The van der Waals surface area contributed by atoms with Gasteiger partial charge in [-0.15, -0.1) is 0 Å². The molecule has 0 spiro atoms. The van der Waals surface area contributed by atoms with Gasteiger partial charge >= 0.3 is 34.7 Å². The van der Waals surface area contributed by atoms with E-state index in [2.05, 4.69) is 0 Å². The molecule has 0 amide bonds. The largest absolute Gasteiger partial charge is 1.00 e. The summed E-state index contributed by atoms with van der Waals surface area (Å²) in [5, 5.41) is 0. The maximum absolute atomic E-state index is 5.52. The van der Waals surface area contributed by atoms with Crippen molar-refractivity contribution in [3.05, 3.63) is 0 Å². The third-order valence-corrected chi connectivity index (χ3v) is 2.95. The quantitative estimate of drug-likeness (QED) is 0.510. The van der Waals surface area contributed by atoms with Crippen molar-refractivity contribution in [1.29, 1.82) is 0 Å². The van der Waals surface area contributed by atoms with Crippen LogP contribution >= 0.6 is 0 Å². The molecule has 0 heterocycles. The Morgan fingerprint density at radius 3 is 1.25 bits per heavy atom. The molecule has 0 atom stereocenters. The standard InChI is InChI=1S/2C4H9O.Al.Li.2H/c2*1-4(2,3)5;;;;/h2*1-3H3;;;;/q2*-1;+2;+1;;-1. The van der Waals surface area contributed by atoms with Gasteiger partial charge in [-0.25, -0.2) is 0 Å². The van der Waals surface area contributed by atoms with E-state index in [9.17, 15) is 0 Å². The van der Waals surface area contributed by atoms with Crippen LogP contribution in [0.4, 0.5) is 0 Å². The second kappa shape index (κ2) is 5.71. The van der Waals surface area contributed by atoms with Crippen LogP contribution in [0, 0.1) is 0 Å². The Labute approximate surface area is 96.4 Å². The molecule has 0 aromatic heterocycles. The van der Waals surface area contributed by atoms with E-state index in [1.165, 1.54) is 0 Å². The molecule has 0 fully saturated rings. The van der Waals surface area contributed by atoms with Crippen molar-refractivity contribution in [2.45, 2.75) is 52.7 Å². The average Bonchev–Trinajstić information content (AvgIpc) is 1.55. The van der Waals surface area contributed by atoms with Gasteiger partial charge in [-0.2, -0.15) is 0 Å². The van der Waals surface area contributed by atoms with Crippen LogP contribution in [0.2, 0.25) is 0 Å². The smallest absolute Gasteiger partial charge is 1.00 e. The molecule has 12 heavy (non-hydrogen) atoms. The van der Waals surface area contributed by atoms with E-state index < -0.39 is 15.9 Å². The molecule has 0 radical (unpaired) electrons. The predicted octanol–water partition coefficient (Wildman–Crippen LogP) is -1.00. The van der Waals surface area contributed by atoms with E-state index in [1.54, 1.807) is 0 Å². The molecule has 0 saturated heterocycles. The summed E-state index contributed by atoms with van der Waals surface area (Å²) in [5.41, 5.74) is -0.0883. The second-order valence-corrected chi connectivity index (χ2v) is 5.44. The normalized spacial score (nSPS) is 12.2. The molecule has 0 aliphatic carbocycles. The van der Waals surface area contributed by atoms with Gasteiger partial charge in [0, 0.05) is 11.2 Å². The van der Waals surface area contributed by atoms with Gasteiger partial charge in [0.05, 0.1) is 0 Å². The first-order valence-electron chi connectivity index (χ1n) is 3.99. The Morgan fingerprint density at radius 2 is 1.08 bits per heavy atom. The summed E-state index contributed by atoms with van der Waals surface area (Å²) in [6, 6.07) is 0. The molecule has 2 nitrogen and oxygen atoms in total. The van der Waals surface area contributed by atoms with Gasteiger partial charge in [-0.05, 0) is 41.5 Å². The molecule has 68 valence electrons. The van der Waals surface area contributed by atoms with Crippen molar-refractivity contribution in [3.8, 4) is 0 Å². The molecular weight excluding hydrogens is 162 g/mol. The Kier molecular flexibility index (Phi) is 7.39. The van der Waals surface area contributed by atoms with E-state index >= 15 is 0 Å². The van der Waals surface area contributed by atoms with Gasteiger partial charge in [0.25, 0.3) is 0 Å². The van der Waals surface area contributed by atoms with Crippen molar-refractivity contribution < 1.29 is 27.9 Å². The molecule has 4 heteroatoms. The molecule has 0 unspecified atom stereocenters. The zero-order valence-corrected chi connectivity index (χ0v) is 10.9. The molecule has 0 aliphatic rings. The van der Waals surface area contributed by atoms with Gasteiger partial charge in [-0.3, -0.25) is 0 Å². The van der Waals surface area contributed by atoms with Crippen molar-refractivity contribution >= 4 is 15.9 Å². The molecule has 0 aromatic carbocycles. The summed E-state index contributed by atoms with van der Waals surface area (Å²) < 4.78 is 11.0. The molecule has 0 aromatic rings. The fourth-order valence-electron chi connectivity index (χ4n) is 0.383. The number of hydrogen-bond donors (Lipinski definition) is 0. The fraction of sp³-hybridized carbons (Fsp3) is 1.00. The van der Waals surface area contributed by atoms with Gasteiger partial charge in [0.1, 0.15) is 0 Å². The zero-order chi connectivity index (χ0) is 9.12. The minimum absolute atomic E-state index is 0. The van der Waals surface area contributed by atoms with E-state index in [-0.39, 0.29) is 31.5 Å². The predicted molar refractivity (Wildman–Crippen MR) is 49.9 cm³/mol. The Hall–Kier alpha value is 1.05. The first-order chi connectivity index (χ1) is 4.71. The minimum Gasteiger partial charge on any atom is -1.00 e. The number of hydrogen-bond acceptors (Lipinski definition) is 2. The fourth-order valence-corrected chi connectivity index (χ4v) is 1.15. The Bertz CT molecular complexity index is 106. The minimum atomic E-state index is -0.797. The van der Waals surface area contributed by atoms with Gasteiger partial charge in [0.15, 0.2) is 0 Å². The van der Waals surface area contributed by atoms with Crippen molar-refractivity contribution in [3.63, 3.8) is 0 Å². The summed E-state index contributed by atoms with van der Waals surface area (Å²) in [4.78, 5) is 0. The Balaban J connectivity index is -0.000000500. The first kappa shape index (κ1) is 15.5. The van der Waals surface area contributed by atoms with Gasteiger partial charge in [0.2, 0.25) is 0 Å². The summed E-state index contributed by atoms with van der Waals surface area (Å²) in [7, 11) is 0. The van der Waals surface area contributed by atoms with Crippen LogP contribution in [0.5, 0.6) is 0 Å². The maximum atomic E-state index is 5.52. The zero-order valence-electron chi connectivity index (χ0n) is 10.5. The summed E-state index contributed by atoms with van der Waals surface area (Å²) in [6.45, 7) is 12.3. The van der Waals surface area contributed by atoms with Crippen LogP contribution in [-0.2, 0) is 7.58 Å². The van der Waals surface area contributed by atoms with Crippen LogP contribution in [-0.4, -0.2) is 27.1 Å². The summed E-state index contributed by atoms with van der Waals surface area (Å²) in [5.74, 6) is 0. The molecular formula is C8H20AlLiO2. The van der Waals surface area contributed by atoms with Crippen molar-refractivity contribution in [1.82, 2.24) is 0 Å². The molecule has 0 N–H and O–H groups in total. The first-order valence-corrected chi connectivity index (χ1v) is 5.14.